The number of nitrogens with two attached hydrogens (primary N) is 1. The first-order chi connectivity index (χ1) is 9.15. The highest BCUT2D eigenvalue weighted by molar-refractivity contribution is 7.99. The fraction of sp³-hybridized carbons (Fsp3) is 0.692. The Balaban J connectivity index is 2.20. The van der Waals surface area contributed by atoms with Crippen molar-refractivity contribution in [2.24, 2.45) is 5.84 Å². The highest BCUT2D eigenvalue weighted by Gasteiger charge is 2.25. The van der Waals surface area contributed by atoms with Crippen LogP contribution in [-0.4, -0.2) is 27.5 Å². The number of nitrogens with zero attached hydrogens (tertiary/aromatic N) is 2. The van der Waals surface area contributed by atoms with Crippen LogP contribution in [0.15, 0.2) is 0 Å². The Hall–Kier alpha value is -1.01. The Kier molecular flexibility index (Phi) is 4.87. The summed E-state index contributed by atoms with van der Waals surface area (Å²) in [4.78, 5) is 8.81. The predicted octanol–water partition coefficient (Wildman–Crippen LogP) is 2.47. The highest BCUT2D eigenvalue weighted by atomic mass is 32.2. The summed E-state index contributed by atoms with van der Waals surface area (Å²) in [7, 11) is 0. The minimum atomic E-state index is 0.488. The molecular weight excluding hydrogens is 258 g/mol. The molecule has 0 radical (unpaired) electrons. The molecule has 5 nitrogen and oxygen atoms in total. The molecule has 4 N–H and O–H groups in total. The summed E-state index contributed by atoms with van der Waals surface area (Å²) in [6.45, 7) is 3.88. The highest BCUT2D eigenvalue weighted by Crippen LogP contribution is 2.30. The van der Waals surface area contributed by atoms with Gasteiger partial charge in [-0.1, -0.05) is 12.8 Å². The monoisotopic (exact) mass is 281 g/mol. The van der Waals surface area contributed by atoms with Gasteiger partial charge in [0.1, 0.15) is 17.5 Å². The smallest absolute Gasteiger partial charge is 0.148 e. The van der Waals surface area contributed by atoms with E-state index in [0.29, 0.717) is 17.1 Å². The Bertz CT molecular complexity index is 437. The number of hydrogen-bond donors (Lipinski definition) is 3. The first-order valence-electron chi connectivity index (χ1n) is 6.77. The van der Waals surface area contributed by atoms with E-state index in [9.17, 15) is 0 Å². The molecule has 0 bridgehead atoms. The normalized spacial score (nSPS) is 23.2. The molecule has 1 aromatic rings. The molecule has 1 aliphatic carbocycles. The fourth-order valence-corrected chi connectivity index (χ4v) is 3.56. The van der Waals surface area contributed by atoms with Gasteiger partial charge in [-0.2, -0.15) is 11.8 Å². The summed E-state index contributed by atoms with van der Waals surface area (Å²) >= 11 is 1.95. The number of aryl methyl sites for hydroxylation is 1. The van der Waals surface area contributed by atoms with E-state index in [-0.39, 0.29) is 0 Å². The van der Waals surface area contributed by atoms with Crippen LogP contribution >= 0.6 is 11.8 Å². The summed E-state index contributed by atoms with van der Waals surface area (Å²) in [5.41, 5.74) is 3.63. The van der Waals surface area contributed by atoms with Crippen LogP contribution in [-0.2, 0) is 0 Å². The van der Waals surface area contributed by atoms with Crippen LogP contribution in [0.25, 0.3) is 0 Å². The van der Waals surface area contributed by atoms with E-state index in [1.54, 1.807) is 0 Å². The van der Waals surface area contributed by atoms with E-state index in [4.69, 9.17) is 5.84 Å². The van der Waals surface area contributed by atoms with Gasteiger partial charge in [0, 0.05) is 16.9 Å². The van der Waals surface area contributed by atoms with Crippen LogP contribution in [0, 0.1) is 13.8 Å². The summed E-state index contributed by atoms with van der Waals surface area (Å²) in [5, 5.41) is 4.26. The van der Waals surface area contributed by atoms with E-state index >= 15 is 0 Å². The molecule has 0 aromatic carbocycles. The van der Waals surface area contributed by atoms with Crippen molar-refractivity contribution in [2.75, 3.05) is 17.0 Å². The van der Waals surface area contributed by atoms with Gasteiger partial charge in [-0.3, -0.25) is 0 Å². The molecule has 1 saturated carbocycles. The van der Waals surface area contributed by atoms with Gasteiger partial charge >= 0.3 is 0 Å². The Morgan fingerprint density at radius 2 is 1.84 bits per heavy atom. The molecule has 1 heterocycles. The second kappa shape index (κ2) is 6.43. The third kappa shape index (κ3) is 3.30. The number of aromatic nitrogens is 2. The number of thioether (sulfide) groups is 1. The standard InChI is InChI=1S/C13H23N5S/c1-8-12(15-9(2)16-13(8)18-14)17-10-6-4-5-7-11(10)19-3/h10-11H,4-7,14H2,1-3H3,(H2,15,16,17,18). The Labute approximate surface area is 119 Å². The third-order valence-corrected chi connectivity index (χ3v) is 4.89. The van der Waals surface area contributed by atoms with E-state index < -0.39 is 0 Å². The maximum atomic E-state index is 5.50. The zero-order valence-corrected chi connectivity index (χ0v) is 12.7. The molecule has 1 fully saturated rings. The third-order valence-electron chi connectivity index (χ3n) is 3.72. The lowest BCUT2D eigenvalue weighted by molar-refractivity contribution is 0.474. The first kappa shape index (κ1) is 14.4. The molecular formula is C13H23N5S. The number of nitrogens with one attached hydrogen (secondary N) is 2. The molecule has 2 rings (SSSR count). The minimum absolute atomic E-state index is 0.488. The van der Waals surface area contributed by atoms with Crippen molar-refractivity contribution in [3.05, 3.63) is 11.4 Å². The predicted molar refractivity (Wildman–Crippen MR) is 82.5 cm³/mol. The molecule has 106 valence electrons. The maximum absolute atomic E-state index is 5.50. The topological polar surface area (TPSA) is 75.9 Å². The van der Waals surface area contributed by atoms with Crippen molar-refractivity contribution in [1.29, 1.82) is 0 Å². The molecule has 19 heavy (non-hydrogen) atoms. The van der Waals surface area contributed by atoms with Crippen molar-refractivity contribution >= 4 is 23.4 Å². The lowest BCUT2D eigenvalue weighted by Gasteiger charge is -2.32. The Morgan fingerprint density at radius 3 is 2.53 bits per heavy atom. The summed E-state index contributed by atoms with van der Waals surface area (Å²) in [6.07, 6.45) is 7.31. The van der Waals surface area contributed by atoms with Crippen LogP contribution in [0.1, 0.15) is 37.1 Å². The first-order valence-corrected chi connectivity index (χ1v) is 8.05. The van der Waals surface area contributed by atoms with E-state index in [1.807, 2.05) is 25.6 Å². The summed E-state index contributed by atoms with van der Waals surface area (Å²) in [5.74, 6) is 7.85. The number of rotatable bonds is 4. The van der Waals surface area contributed by atoms with Gasteiger partial charge in [0.2, 0.25) is 0 Å². The van der Waals surface area contributed by atoms with Crippen LogP contribution in [0.5, 0.6) is 0 Å². The molecule has 0 saturated heterocycles. The van der Waals surface area contributed by atoms with Gasteiger partial charge < -0.3 is 10.7 Å². The second-order valence-electron chi connectivity index (χ2n) is 5.05. The van der Waals surface area contributed by atoms with Crippen molar-refractivity contribution in [3.8, 4) is 0 Å². The SMILES string of the molecule is CSC1CCCCC1Nc1nc(C)nc(NN)c1C. The number of hydrogen-bond acceptors (Lipinski definition) is 6. The zero-order chi connectivity index (χ0) is 13.8. The van der Waals surface area contributed by atoms with E-state index in [0.717, 1.165) is 17.2 Å². The molecule has 6 heteroatoms. The molecule has 0 aliphatic heterocycles. The lowest BCUT2D eigenvalue weighted by Crippen LogP contribution is -2.35. The fourth-order valence-electron chi connectivity index (χ4n) is 2.63. The van der Waals surface area contributed by atoms with Gasteiger partial charge in [-0.25, -0.2) is 15.8 Å². The quantitative estimate of drug-likeness (QED) is 0.581. The number of hydrazine groups is 1. The number of anilines is 2. The van der Waals surface area contributed by atoms with Crippen molar-refractivity contribution in [2.45, 2.75) is 50.8 Å². The van der Waals surface area contributed by atoms with Crippen molar-refractivity contribution < 1.29 is 0 Å². The Morgan fingerprint density at radius 1 is 1.16 bits per heavy atom. The van der Waals surface area contributed by atoms with Crippen LogP contribution in [0.3, 0.4) is 0 Å². The van der Waals surface area contributed by atoms with Crippen LogP contribution in [0.2, 0.25) is 0 Å². The minimum Gasteiger partial charge on any atom is -0.366 e. The summed E-state index contributed by atoms with van der Waals surface area (Å²) in [6, 6.07) is 0.488. The van der Waals surface area contributed by atoms with E-state index in [2.05, 4.69) is 27.0 Å². The van der Waals surface area contributed by atoms with Gasteiger partial charge in [0.05, 0.1) is 0 Å². The molecule has 2 atom stereocenters. The lowest BCUT2D eigenvalue weighted by atomic mass is 9.95. The van der Waals surface area contributed by atoms with Crippen LogP contribution in [0.4, 0.5) is 11.6 Å². The molecule has 0 amide bonds. The van der Waals surface area contributed by atoms with Gasteiger partial charge in [0.25, 0.3) is 0 Å². The maximum Gasteiger partial charge on any atom is 0.148 e. The van der Waals surface area contributed by atoms with E-state index in [1.165, 1.54) is 25.7 Å². The second-order valence-corrected chi connectivity index (χ2v) is 6.12. The zero-order valence-electron chi connectivity index (χ0n) is 11.9. The van der Waals surface area contributed by atoms with Crippen molar-refractivity contribution in [1.82, 2.24) is 9.97 Å². The summed E-state index contributed by atoms with van der Waals surface area (Å²) < 4.78 is 0. The molecule has 2 unspecified atom stereocenters. The van der Waals surface area contributed by atoms with Crippen molar-refractivity contribution in [3.63, 3.8) is 0 Å². The number of nitrogen functional groups attached to an aromatic ring is 1. The van der Waals surface area contributed by atoms with Crippen LogP contribution < -0.4 is 16.6 Å². The average Bonchev–Trinajstić information content (AvgIpc) is 2.43. The average molecular weight is 281 g/mol. The van der Waals surface area contributed by atoms with Gasteiger partial charge in [-0.05, 0) is 32.9 Å². The van der Waals surface area contributed by atoms with Gasteiger partial charge in [0.15, 0.2) is 0 Å². The largest absolute Gasteiger partial charge is 0.366 e. The van der Waals surface area contributed by atoms with Gasteiger partial charge in [-0.15, -0.1) is 0 Å². The molecule has 0 spiro atoms. The molecule has 1 aromatic heterocycles. The molecule has 1 aliphatic rings.